The number of thiazole rings is 1. The molecule has 144 valence electrons. The number of hydrogen-bond acceptors (Lipinski definition) is 4. The van der Waals surface area contributed by atoms with E-state index in [2.05, 4.69) is 23.7 Å². The quantitative estimate of drug-likeness (QED) is 0.461. The lowest BCUT2D eigenvalue weighted by molar-refractivity contribution is -0.113. The molecule has 3 rings (SSSR count). The molecule has 0 fully saturated rings. The van der Waals surface area contributed by atoms with E-state index < -0.39 is 0 Å². The second-order valence-electron chi connectivity index (χ2n) is 6.15. The van der Waals surface area contributed by atoms with Crippen molar-refractivity contribution in [2.45, 2.75) is 13.5 Å². The first-order valence-electron chi connectivity index (χ1n) is 8.75. The number of carbonyl (C=O) groups excluding carboxylic acids is 1. The van der Waals surface area contributed by atoms with E-state index in [0.29, 0.717) is 22.8 Å². The number of ether oxygens (including phenoxy) is 2. The van der Waals surface area contributed by atoms with E-state index in [1.165, 1.54) is 23.0 Å². The van der Waals surface area contributed by atoms with Crippen LogP contribution in [0.1, 0.15) is 11.1 Å². The van der Waals surface area contributed by atoms with Gasteiger partial charge in [0.1, 0.15) is 0 Å². The average Bonchev–Trinajstić information content (AvgIpc) is 3.02. The number of carbonyl (C=O) groups is 1. The van der Waals surface area contributed by atoms with Crippen molar-refractivity contribution in [2.24, 2.45) is 4.99 Å². The van der Waals surface area contributed by atoms with Gasteiger partial charge < -0.3 is 14.0 Å². The molecule has 5 nitrogen and oxygen atoms in total. The Hall–Kier alpha value is -3.12. The van der Waals surface area contributed by atoms with Crippen LogP contribution in [-0.2, 0) is 11.3 Å². The van der Waals surface area contributed by atoms with Gasteiger partial charge in [0.25, 0.3) is 5.91 Å². The van der Waals surface area contributed by atoms with Gasteiger partial charge in [-0.3, -0.25) is 4.79 Å². The van der Waals surface area contributed by atoms with Gasteiger partial charge in [-0.2, -0.15) is 4.99 Å². The Morgan fingerprint density at radius 1 is 1.18 bits per heavy atom. The molecule has 0 atom stereocenters. The molecule has 3 aromatic rings. The highest BCUT2D eigenvalue weighted by molar-refractivity contribution is 7.16. The number of benzene rings is 2. The summed E-state index contributed by atoms with van der Waals surface area (Å²) in [5.41, 5.74) is 3.05. The second-order valence-corrected chi connectivity index (χ2v) is 7.16. The van der Waals surface area contributed by atoms with Crippen molar-refractivity contribution in [3.8, 4) is 11.5 Å². The van der Waals surface area contributed by atoms with E-state index in [0.717, 1.165) is 15.8 Å². The molecule has 0 aliphatic rings. The van der Waals surface area contributed by atoms with E-state index in [1.807, 2.05) is 29.7 Å². The van der Waals surface area contributed by atoms with Crippen molar-refractivity contribution in [1.82, 2.24) is 4.57 Å². The fourth-order valence-corrected chi connectivity index (χ4v) is 3.97. The Balaban J connectivity index is 1.93. The predicted octanol–water partition coefficient (Wildman–Crippen LogP) is 4.36. The lowest BCUT2D eigenvalue weighted by Crippen LogP contribution is -2.15. The molecule has 2 aromatic carbocycles. The molecule has 0 saturated heterocycles. The van der Waals surface area contributed by atoms with Crippen LogP contribution < -0.4 is 14.3 Å². The maximum absolute atomic E-state index is 12.4. The van der Waals surface area contributed by atoms with Gasteiger partial charge in [-0.15, -0.1) is 6.58 Å². The number of amides is 1. The van der Waals surface area contributed by atoms with Crippen molar-refractivity contribution < 1.29 is 14.3 Å². The van der Waals surface area contributed by atoms with Crippen LogP contribution in [0.4, 0.5) is 0 Å². The van der Waals surface area contributed by atoms with Crippen molar-refractivity contribution >= 4 is 33.5 Å². The molecule has 1 heterocycles. The van der Waals surface area contributed by atoms with Gasteiger partial charge in [0.05, 0.1) is 24.4 Å². The smallest absolute Gasteiger partial charge is 0.272 e. The van der Waals surface area contributed by atoms with Gasteiger partial charge in [-0.1, -0.05) is 29.5 Å². The van der Waals surface area contributed by atoms with Crippen LogP contribution in [0.25, 0.3) is 16.3 Å². The second kappa shape index (κ2) is 8.71. The van der Waals surface area contributed by atoms with Gasteiger partial charge in [-0.25, -0.2) is 0 Å². The summed E-state index contributed by atoms with van der Waals surface area (Å²) in [6, 6.07) is 11.7. The zero-order valence-corrected chi connectivity index (χ0v) is 17.0. The number of nitrogens with zero attached hydrogens (tertiary/aromatic N) is 2. The fourth-order valence-electron chi connectivity index (χ4n) is 2.83. The van der Waals surface area contributed by atoms with Crippen LogP contribution >= 0.6 is 11.3 Å². The number of aromatic nitrogens is 1. The zero-order valence-electron chi connectivity index (χ0n) is 16.1. The molecule has 1 aromatic heterocycles. The first-order chi connectivity index (χ1) is 13.5. The molecular weight excluding hydrogens is 372 g/mol. The number of methoxy groups -OCH3 is 2. The molecule has 0 aliphatic heterocycles. The van der Waals surface area contributed by atoms with Crippen LogP contribution in [0.5, 0.6) is 11.5 Å². The molecule has 0 saturated carbocycles. The largest absolute Gasteiger partial charge is 0.493 e. The van der Waals surface area contributed by atoms with Crippen molar-refractivity contribution in [2.75, 3.05) is 14.2 Å². The van der Waals surface area contributed by atoms with Gasteiger partial charge in [0.2, 0.25) is 0 Å². The maximum atomic E-state index is 12.4. The van der Waals surface area contributed by atoms with Gasteiger partial charge in [-0.05, 0) is 48.4 Å². The number of fused-ring (bicyclic) bond motifs is 1. The summed E-state index contributed by atoms with van der Waals surface area (Å²) in [7, 11) is 3.16. The molecule has 0 radical (unpaired) electrons. The van der Waals surface area contributed by atoms with Crippen molar-refractivity contribution in [3.05, 3.63) is 71.1 Å². The highest BCUT2D eigenvalue weighted by Crippen LogP contribution is 2.28. The maximum Gasteiger partial charge on any atom is 0.272 e. The molecule has 0 bridgehead atoms. The van der Waals surface area contributed by atoms with Crippen LogP contribution in [0.3, 0.4) is 0 Å². The summed E-state index contributed by atoms with van der Waals surface area (Å²) < 4.78 is 13.6. The van der Waals surface area contributed by atoms with E-state index in [4.69, 9.17) is 9.47 Å². The third kappa shape index (κ3) is 4.23. The monoisotopic (exact) mass is 394 g/mol. The Kier molecular flexibility index (Phi) is 6.11. The zero-order chi connectivity index (χ0) is 20.1. The number of aryl methyl sites for hydroxylation is 1. The summed E-state index contributed by atoms with van der Waals surface area (Å²) in [4.78, 5) is 17.4. The molecule has 0 aliphatic carbocycles. The molecule has 0 unspecified atom stereocenters. The van der Waals surface area contributed by atoms with Gasteiger partial charge >= 0.3 is 0 Å². The van der Waals surface area contributed by atoms with Crippen molar-refractivity contribution in [1.29, 1.82) is 0 Å². The van der Waals surface area contributed by atoms with Crippen LogP contribution in [0, 0.1) is 6.92 Å². The minimum atomic E-state index is -0.323. The van der Waals surface area contributed by atoms with E-state index >= 15 is 0 Å². The minimum Gasteiger partial charge on any atom is -0.493 e. The molecule has 0 N–H and O–H groups in total. The average molecular weight is 394 g/mol. The first kappa shape index (κ1) is 19.6. The summed E-state index contributed by atoms with van der Waals surface area (Å²) in [5, 5.41) is 0. The molecule has 6 heteroatoms. The summed E-state index contributed by atoms with van der Waals surface area (Å²) in [6.45, 7) is 6.45. The lowest BCUT2D eigenvalue weighted by atomic mass is 10.2. The van der Waals surface area contributed by atoms with Crippen LogP contribution in [0.15, 0.2) is 60.1 Å². The lowest BCUT2D eigenvalue weighted by Gasteiger charge is -2.07. The molecule has 0 spiro atoms. The first-order valence-corrected chi connectivity index (χ1v) is 9.57. The SMILES string of the molecule is C=CCn1c(=NC(=O)C=Cc2ccc(OC)c(OC)c2)sc2cc(C)ccc21. The number of allylic oxidation sites excluding steroid dienone is 1. The fraction of sp³-hybridized carbons (Fsp3) is 0.182. The summed E-state index contributed by atoms with van der Waals surface area (Å²) >= 11 is 1.50. The van der Waals surface area contributed by atoms with Gasteiger partial charge in [0, 0.05) is 12.6 Å². The minimum absolute atomic E-state index is 0.323. The number of hydrogen-bond donors (Lipinski definition) is 0. The normalized spacial score (nSPS) is 11.9. The number of rotatable bonds is 6. The third-order valence-corrected chi connectivity index (χ3v) is 5.22. The molecular formula is C22H22N2O3S. The predicted molar refractivity (Wildman–Crippen MR) is 114 cm³/mol. The van der Waals surface area contributed by atoms with Crippen LogP contribution in [-0.4, -0.2) is 24.7 Å². The van der Waals surface area contributed by atoms with Crippen LogP contribution in [0.2, 0.25) is 0 Å². The summed E-state index contributed by atoms with van der Waals surface area (Å²) in [6.07, 6.45) is 4.97. The molecule has 1 amide bonds. The summed E-state index contributed by atoms with van der Waals surface area (Å²) in [5.74, 6) is 0.926. The Bertz CT molecular complexity index is 1120. The van der Waals surface area contributed by atoms with Crippen molar-refractivity contribution in [3.63, 3.8) is 0 Å². The highest BCUT2D eigenvalue weighted by Gasteiger charge is 2.07. The Labute approximate surface area is 167 Å². The molecule has 28 heavy (non-hydrogen) atoms. The standard InChI is InChI=1S/C22H22N2O3S/c1-5-12-24-17-9-6-15(2)13-20(17)28-22(24)23-21(25)11-8-16-7-10-18(26-3)19(14-16)27-4/h5-11,13-14H,1,12H2,2-4H3. The van der Waals surface area contributed by atoms with Gasteiger partial charge in [0.15, 0.2) is 16.3 Å². The van der Waals surface area contributed by atoms with E-state index in [1.54, 1.807) is 32.4 Å². The van der Waals surface area contributed by atoms with E-state index in [-0.39, 0.29) is 5.91 Å². The Morgan fingerprint density at radius 2 is 1.96 bits per heavy atom. The highest BCUT2D eigenvalue weighted by atomic mass is 32.1. The Morgan fingerprint density at radius 3 is 2.68 bits per heavy atom. The topological polar surface area (TPSA) is 52.8 Å². The van der Waals surface area contributed by atoms with E-state index in [9.17, 15) is 4.79 Å². The third-order valence-electron chi connectivity index (χ3n) is 4.18.